The highest BCUT2D eigenvalue weighted by molar-refractivity contribution is 14.1. The average molecular weight is 467 g/mol. The zero-order valence-corrected chi connectivity index (χ0v) is 15.7. The molecule has 20 heavy (non-hydrogen) atoms. The SMILES string of the molecule is CCCc1nc(-c2cc(Cl)ccc2Br)nc(NC)c1I. The Morgan fingerprint density at radius 3 is 2.75 bits per heavy atom. The van der Waals surface area contributed by atoms with Crippen molar-refractivity contribution in [3.8, 4) is 11.4 Å². The van der Waals surface area contributed by atoms with Gasteiger partial charge < -0.3 is 5.32 Å². The summed E-state index contributed by atoms with van der Waals surface area (Å²) in [4.78, 5) is 9.28. The summed E-state index contributed by atoms with van der Waals surface area (Å²) in [6, 6.07) is 5.63. The second-order valence-electron chi connectivity index (χ2n) is 4.28. The number of nitrogens with one attached hydrogen (secondary N) is 1. The topological polar surface area (TPSA) is 37.8 Å². The minimum absolute atomic E-state index is 0.674. The number of nitrogens with zero attached hydrogens (tertiary/aromatic N) is 2. The zero-order chi connectivity index (χ0) is 14.7. The van der Waals surface area contributed by atoms with E-state index in [1.165, 1.54) is 0 Å². The van der Waals surface area contributed by atoms with Crippen molar-refractivity contribution in [2.24, 2.45) is 0 Å². The van der Waals surface area contributed by atoms with E-state index in [0.717, 1.165) is 38.0 Å². The van der Waals surface area contributed by atoms with Gasteiger partial charge in [-0.1, -0.05) is 40.9 Å². The summed E-state index contributed by atoms with van der Waals surface area (Å²) >= 11 is 11.9. The van der Waals surface area contributed by atoms with Crippen LogP contribution in [0.3, 0.4) is 0 Å². The van der Waals surface area contributed by atoms with Crippen LogP contribution in [0.4, 0.5) is 5.82 Å². The first-order chi connectivity index (χ1) is 9.56. The third-order valence-corrected chi connectivity index (χ3v) is 4.87. The molecule has 1 heterocycles. The fourth-order valence-electron chi connectivity index (χ4n) is 1.85. The van der Waals surface area contributed by atoms with Crippen molar-refractivity contribution in [3.63, 3.8) is 0 Å². The summed E-state index contributed by atoms with van der Waals surface area (Å²) in [7, 11) is 1.87. The molecular weight excluding hydrogens is 452 g/mol. The van der Waals surface area contributed by atoms with Gasteiger partial charge in [-0.15, -0.1) is 0 Å². The molecule has 106 valence electrons. The molecule has 0 atom stereocenters. The maximum absolute atomic E-state index is 6.08. The van der Waals surface area contributed by atoms with E-state index in [0.29, 0.717) is 10.8 Å². The Bertz CT molecular complexity index is 634. The van der Waals surface area contributed by atoms with Gasteiger partial charge in [-0.05, 0) is 47.2 Å². The molecule has 0 aliphatic rings. The first-order valence-corrected chi connectivity index (χ1v) is 8.51. The second kappa shape index (κ2) is 7.04. The number of benzene rings is 1. The van der Waals surface area contributed by atoms with E-state index in [-0.39, 0.29) is 0 Å². The first kappa shape index (κ1) is 16.0. The first-order valence-electron chi connectivity index (χ1n) is 6.26. The van der Waals surface area contributed by atoms with Crippen LogP contribution in [0.25, 0.3) is 11.4 Å². The average Bonchev–Trinajstić information content (AvgIpc) is 2.44. The number of aryl methyl sites for hydroxylation is 1. The Kier molecular flexibility index (Phi) is 5.63. The highest BCUT2D eigenvalue weighted by atomic mass is 127. The third-order valence-electron chi connectivity index (χ3n) is 2.81. The lowest BCUT2D eigenvalue weighted by atomic mass is 10.2. The summed E-state index contributed by atoms with van der Waals surface area (Å²) in [5.74, 6) is 1.54. The molecular formula is C14H14BrClIN3. The Balaban J connectivity index is 2.61. The highest BCUT2D eigenvalue weighted by Gasteiger charge is 2.14. The molecule has 1 N–H and O–H groups in total. The Morgan fingerprint density at radius 1 is 1.35 bits per heavy atom. The normalized spacial score (nSPS) is 10.7. The molecule has 0 spiro atoms. The largest absolute Gasteiger partial charge is 0.372 e. The van der Waals surface area contributed by atoms with Crippen molar-refractivity contribution >= 4 is 55.9 Å². The van der Waals surface area contributed by atoms with Crippen molar-refractivity contribution < 1.29 is 0 Å². The van der Waals surface area contributed by atoms with E-state index in [9.17, 15) is 0 Å². The Hall–Kier alpha value is -0.400. The standard InChI is InChI=1S/C14H14BrClIN3/c1-3-4-11-12(17)14(18-2)20-13(19-11)9-7-8(16)5-6-10(9)15/h5-7H,3-4H2,1-2H3,(H,18,19,20). The molecule has 3 nitrogen and oxygen atoms in total. The van der Waals surface area contributed by atoms with Crippen LogP contribution in [0.15, 0.2) is 22.7 Å². The van der Waals surface area contributed by atoms with E-state index in [1.807, 2.05) is 25.2 Å². The molecule has 1 aromatic carbocycles. The Labute approximate surface area is 145 Å². The molecule has 0 saturated heterocycles. The maximum atomic E-state index is 6.08. The van der Waals surface area contributed by atoms with Gasteiger partial charge in [0.1, 0.15) is 5.82 Å². The second-order valence-corrected chi connectivity index (χ2v) is 6.65. The smallest absolute Gasteiger partial charge is 0.163 e. The molecule has 0 aliphatic heterocycles. The van der Waals surface area contributed by atoms with E-state index in [2.05, 4.69) is 55.7 Å². The van der Waals surface area contributed by atoms with Crippen molar-refractivity contribution in [2.75, 3.05) is 12.4 Å². The van der Waals surface area contributed by atoms with Crippen molar-refractivity contribution in [1.82, 2.24) is 9.97 Å². The molecule has 2 rings (SSSR count). The fourth-order valence-corrected chi connectivity index (χ4v) is 3.23. The minimum atomic E-state index is 0.674. The van der Waals surface area contributed by atoms with Gasteiger partial charge in [0.2, 0.25) is 0 Å². The van der Waals surface area contributed by atoms with E-state index in [1.54, 1.807) is 0 Å². The van der Waals surface area contributed by atoms with Gasteiger partial charge in [-0.25, -0.2) is 9.97 Å². The minimum Gasteiger partial charge on any atom is -0.372 e. The van der Waals surface area contributed by atoms with Gasteiger partial charge in [-0.3, -0.25) is 0 Å². The monoisotopic (exact) mass is 465 g/mol. The number of halogens is 3. The highest BCUT2D eigenvalue weighted by Crippen LogP contribution is 2.31. The number of anilines is 1. The number of aromatic nitrogens is 2. The summed E-state index contributed by atoms with van der Waals surface area (Å²) in [6.07, 6.45) is 1.98. The number of hydrogen-bond acceptors (Lipinski definition) is 3. The molecule has 2 aromatic rings. The van der Waals surface area contributed by atoms with Crippen molar-refractivity contribution in [2.45, 2.75) is 19.8 Å². The molecule has 0 amide bonds. The maximum Gasteiger partial charge on any atom is 0.163 e. The van der Waals surface area contributed by atoms with Gasteiger partial charge >= 0.3 is 0 Å². The van der Waals surface area contributed by atoms with Crippen LogP contribution in [0, 0.1) is 3.57 Å². The van der Waals surface area contributed by atoms with Crippen molar-refractivity contribution in [1.29, 1.82) is 0 Å². The van der Waals surface area contributed by atoms with E-state index < -0.39 is 0 Å². The molecule has 0 fully saturated rings. The molecule has 0 radical (unpaired) electrons. The predicted octanol–water partition coefficient (Wildman–Crippen LogP) is 5.16. The fraction of sp³-hybridized carbons (Fsp3) is 0.286. The third kappa shape index (κ3) is 3.43. The number of rotatable bonds is 4. The van der Waals surface area contributed by atoms with Crippen LogP contribution in [0.1, 0.15) is 19.0 Å². The van der Waals surface area contributed by atoms with Crippen LogP contribution in [-0.4, -0.2) is 17.0 Å². The van der Waals surface area contributed by atoms with Gasteiger partial charge in [0.05, 0.1) is 9.26 Å². The molecule has 1 aromatic heterocycles. The predicted molar refractivity (Wildman–Crippen MR) is 96.4 cm³/mol. The quantitative estimate of drug-likeness (QED) is 0.633. The Morgan fingerprint density at radius 2 is 2.10 bits per heavy atom. The van der Waals surface area contributed by atoms with Gasteiger partial charge in [0, 0.05) is 22.1 Å². The lowest BCUT2D eigenvalue weighted by Gasteiger charge is -2.12. The summed E-state index contributed by atoms with van der Waals surface area (Å²) in [6.45, 7) is 2.15. The van der Waals surface area contributed by atoms with Crippen LogP contribution < -0.4 is 5.32 Å². The van der Waals surface area contributed by atoms with E-state index in [4.69, 9.17) is 16.6 Å². The molecule has 6 heteroatoms. The molecule has 0 saturated carbocycles. The summed E-state index contributed by atoms with van der Waals surface area (Å²) < 4.78 is 2.02. The van der Waals surface area contributed by atoms with Gasteiger partial charge in [0.25, 0.3) is 0 Å². The lowest BCUT2D eigenvalue weighted by Crippen LogP contribution is -2.05. The van der Waals surface area contributed by atoms with Crippen LogP contribution in [0.5, 0.6) is 0 Å². The molecule has 0 bridgehead atoms. The van der Waals surface area contributed by atoms with Gasteiger partial charge in [-0.2, -0.15) is 0 Å². The molecule has 0 unspecified atom stereocenters. The van der Waals surface area contributed by atoms with Crippen molar-refractivity contribution in [3.05, 3.63) is 37.0 Å². The van der Waals surface area contributed by atoms with Crippen LogP contribution in [-0.2, 0) is 6.42 Å². The summed E-state index contributed by atoms with van der Waals surface area (Å²) in [5.41, 5.74) is 1.97. The molecule has 0 aliphatic carbocycles. The zero-order valence-electron chi connectivity index (χ0n) is 11.2. The van der Waals surface area contributed by atoms with Gasteiger partial charge in [0.15, 0.2) is 5.82 Å². The van der Waals surface area contributed by atoms with E-state index >= 15 is 0 Å². The summed E-state index contributed by atoms with van der Waals surface area (Å²) in [5, 5.41) is 3.81. The lowest BCUT2D eigenvalue weighted by molar-refractivity contribution is 0.868. The van der Waals surface area contributed by atoms with Crippen LogP contribution >= 0.6 is 50.1 Å². The number of hydrogen-bond donors (Lipinski definition) is 1. The van der Waals surface area contributed by atoms with Crippen LogP contribution in [0.2, 0.25) is 5.02 Å².